The molecule has 18 heavy (non-hydrogen) atoms. The highest BCUT2D eigenvalue weighted by Crippen LogP contribution is 2.14. The Morgan fingerprint density at radius 2 is 1.94 bits per heavy atom. The van der Waals surface area contributed by atoms with Gasteiger partial charge in [-0.2, -0.15) is 0 Å². The zero-order valence-electron chi connectivity index (χ0n) is 11.0. The van der Waals surface area contributed by atoms with E-state index in [2.05, 4.69) is 19.2 Å². The molecular formula is C14H19FN2O. The number of hydrogen-bond acceptors (Lipinski definition) is 2. The first-order valence-electron chi connectivity index (χ1n) is 6.29. The van der Waals surface area contributed by atoms with E-state index in [-0.39, 0.29) is 11.7 Å². The first kappa shape index (κ1) is 13.0. The van der Waals surface area contributed by atoms with Crippen LogP contribution in [0.25, 0.3) is 0 Å². The summed E-state index contributed by atoms with van der Waals surface area (Å²) in [6, 6.07) is 5.12. The number of nitrogens with one attached hydrogen (secondary N) is 1. The van der Waals surface area contributed by atoms with Gasteiger partial charge in [-0.15, -0.1) is 0 Å². The molecule has 4 heteroatoms. The quantitative estimate of drug-likeness (QED) is 0.826. The van der Waals surface area contributed by atoms with Crippen LogP contribution in [-0.4, -0.2) is 36.0 Å². The molecule has 1 aliphatic heterocycles. The Balaban J connectivity index is 2.17. The molecule has 1 aromatic rings. The summed E-state index contributed by atoms with van der Waals surface area (Å²) in [7, 11) is 0. The lowest BCUT2D eigenvalue weighted by Gasteiger charge is -2.36. The van der Waals surface area contributed by atoms with Crippen molar-refractivity contribution in [3.63, 3.8) is 0 Å². The Hall–Kier alpha value is -1.42. The second-order valence-corrected chi connectivity index (χ2v) is 5.14. The van der Waals surface area contributed by atoms with Crippen LogP contribution in [-0.2, 0) is 0 Å². The summed E-state index contributed by atoms with van der Waals surface area (Å²) in [5, 5.41) is 3.38. The highest BCUT2D eigenvalue weighted by atomic mass is 19.1. The Labute approximate surface area is 107 Å². The summed E-state index contributed by atoms with van der Waals surface area (Å²) < 4.78 is 13.2. The number of hydrogen-bond donors (Lipinski definition) is 1. The third kappa shape index (κ3) is 2.70. The maximum atomic E-state index is 13.2. The minimum atomic E-state index is -0.270. The lowest BCUT2D eigenvalue weighted by Crippen LogP contribution is -2.55. The van der Waals surface area contributed by atoms with Crippen molar-refractivity contribution in [3.05, 3.63) is 35.1 Å². The number of nitrogens with zero attached hydrogens (tertiary/aromatic N) is 1. The fraction of sp³-hybridized carbons (Fsp3) is 0.500. The molecule has 0 aromatic heterocycles. The highest BCUT2D eigenvalue weighted by Gasteiger charge is 2.25. The molecule has 2 rings (SSSR count). The van der Waals surface area contributed by atoms with Crippen molar-refractivity contribution in [2.75, 3.05) is 13.1 Å². The second kappa shape index (κ2) is 5.06. The van der Waals surface area contributed by atoms with Crippen LogP contribution in [0.5, 0.6) is 0 Å². The van der Waals surface area contributed by atoms with E-state index in [9.17, 15) is 9.18 Å². The van der Waals surface area contributed by atoms with Gasteiger partial charge in [0.05, 0.1) is 0 Å². The van der Waals surface area contributed by atoms with Crippen LogP contribution in [0.15, 0.2) is 18.2 Å². The van der Waals surface area contributed by atoms with Gasteiger partial charge in [0.25, 0.3) is 5.91 Å². The van der Waals surface area contributed by atoms with Crippen molar-refractivity contribution >= 4 is 5.91 Å². The number of halogens is 1. The highest BCUT2D eigenvalue weighted by molar-refractivity contribution is 5.94. The number of piperazine rings is 1. The Morgan fingerprint density at radius 3 is 2.50 bits per heavy atom. The van der Waals surface area contributed by atoms with Gasteiger partial charge in [0.2, 0.25) is 0 Å². The van der Waals surface area contributed by atoms with Gasteiger partial charge in [-0.05, 0) is 44.5 Å². The Bertz CT molecular complexity index is 451. The van der Waals surface area contributed by atoms with Crippen molar-refractivity contribution in [2.45, 2.75) is 32.9 Å². The van der Waals surface area contributed by atoms with E-state index in [0.717, 1.165) is 0 Å². The molecule has 98 valence electrons. The zero-order valence-corrected chi connectivity index (χ0v) is 11.0. The molecule has 1 N–H and O–H groups in total. The third-order valence-electron chi connectivity index (χ3n) is 3.25. The minimum Gasteiger partial charge on any atom is -0.336 e. The van der Waals surface area contributed by atoms with Crippen LogP contribution < -0.4 is 5.32 Å². The van der Waals surface area contributed by atoms with E-state index in [1.807, 2.05) is 4.90 Å². The SMILES string of the molecule is Cc1cc(C(=O)N2CC(C)NC(C)C2)ccc1F. The van der Waals surface area contributed by atoms with Gasteiger partial charge in [-0.25, -0.2) is 4.39 Å². The fourth-order valence-electron chi connectivity index (χ4n) is 2.45. The molecule has 1 fully saturated rings. The predicted molar refractivity (Wildman–Crippen MR) is 69.1 cm³/mol. The van der Waals surface area contributed by atoms with Gasteiger partial charge in [-0.3, -0.25) is 4.79 Å². The summed E-state index contributed by atoms with van der Waals surface area (Å²) in [6.07, 6.45) is 0. The van der Waals surface area contributed by atoms with Crippen molar-refractivity contribution in [1.29, 1.82) is 0 Å². The minimum absolute atomic E-state index is 0.0155. The van der Waals surface area contributed by atoms with Crippen LogP contribution in [0.4, 0.5) is 4.39 Å². The van der Waals surface area contributed by atoms with E-state index in [1.54, 1.807) is 19.1 Å². The first-order valence-corrected chi connectivity index (χ1v) is 6.29. The van der Waals surface area contributed by atoms with Gasteiger partial charge in [0, 0.05) is 30.7 Å². The van der Waals surface area contributed by atoms with E-state index in [1.165, 1.54) is 6.07 Å². The zero-order chi connectivity index (χ0) is 13.3. The van der Waals surface area contributed by atoms with Gasteiger partial charge in [0.15, 0.2) is 0 Å². The molecule has 0 spiro atoms. The number of aryl methyl sites for hydroxylation is 1. The van der Waals surface area contributed by atoms with E-state index in [0.29, 0.717) is 36.3 Å². The van der Waals surface area contributed by atoms with Crippen LogP contribution >= 0.6 is 0 Å². The van der Waals surface area contributed by atoms with Crippen molar-refractivity contribution in [1.82, 2.24) is 10.2 Å². The second-order valence-electron chi connectivity index (χ2n) is 5.14. The average Bonchev–Trinajstić information content (AvgIpc) is 2.30. The van der Waals surface area contributed by atoms with Crippen LogP contribution in [0.2, 0.25) is 0 Å². The monoisotopic (exact) mass is 250 g/mol. The number of rotatable bonds is 1. The molecule has 2 unspecified atom stereocenters. The van der Waals surface area contributed by atoms with Crippen molar-refractivity contribution < 1.29 is 9.18 Å². The van der Waals surface area contributed by atoms with Crippen molar-refractivity contribution in [3.8, 4) is 0 Å². The number of amides is 1. The molecule has 0 aliphatic carbocycles. The summed E-state index contributed by atoms with van der Waals surface area (Å²) in [6.45, 7) is 7.19. The number of carbonyl (C=O) groups is 1. The summed E-state index contributed by atoms with van der Waals surface area (Å²) in [5.41, 5.74) is 1.08. The summed E-state index contributed by atoms with van der Waals surface area (Å²) in [5.74, 6) is -0.285. The molecular weight excluding hydrogens is 231 g/mol. The van der Waals surface area contributed by atoms with Gasteiger partial charge < -0.3 is 10.2 Å². The molecule has 1 aromatic carbocycles. The first-order chi connectivity index (χ1) is 8.47. The van der Waals surface area contributed by atoms with Gasteiger partial charge >= 0.3 is 0 Å². The molecule has 0 radical (unpaired) electrons. The number of carbonyl (C=O) groups excluding carboxylic acids is 1. The third-order valence-corrected chi connectivity index (χ3v) is 3.25. The fourth-order valence-corrected chi connectivity index (χ4v) is 2.45. The van der Waals surface area contributed by atoms with Gasteiger partial charge in [0.1, 0.15) is 5.82 Å². The van der Waals surface area contributed by atoms with E-state index in [4.69, 9.17) is 0 Å². The number of benzene rings is 1. The molecule has 2 atom stereocenters. The lowest BCUT2D eigenvalue weighted by molar-refractivity contribution is 0.0673. The van der Waals surface area contributed by atoms with Crippen LogP contribution in [0, 0.1) is 12.7 Å². The maximum Gasteiger partial charge on any atom is 0.253 e. The molecule has 1 aliphatic rings. The van der Waals surface area contributed by atoms with Crippen LogP contribution in [0.1, 0.15) is 29.8 Å². The summed E-state index contributed by atoms with van der Waals surface area (Å²) in [4.78, 5) is 14.2. The molecule has 1 heterocycles. The predicted octanol–water partition coefficient (Wildman–Crippen LogP) is 1.96. The van der Waals surface area contributed by atoms with E-state index < -0.39 is 0 Å². The van der Waals surface area contributed by atoms with E-state index >= 15 is 0 Å². The molecule has 1 saturated heterocycles. The molecule has 0 bridgehead atoms. The summed E-state index contributed by atoms with van der Waals surface area (Å²) >= 11 is 0. The normalized spacial score (nSPS) is 24.1. The molecule has 0 saturated carbocycles. The molecule has 3 nitrogen and oxygen atoms in total. The standard InChI is InChI=1S/C14H19FN2O/c1-9-6-12(4-5-13(9)15)14(18)17-7-10(2)16-11(3)8-17/h4-6,10-11,16H,7-8H2,1-3H3. The smallest absolute Gasteiger partial charge is 0.253 e. The van der Waals surface area contributed by atoms with Gasteiger partial charge in [-0.1, -0.05) is 0 Å². The topological polar surface area (TPSA) is 32.3 Å². The Morgan fingerprint density at radius 1 is 1.33 bits per heavy atom. The maximum absolute atomic E-state index is 13.2. The van der Waals surface area contributed by atoms with Crippen molar-refractivity contribution in [2.24, 2.45) is 0 Å². The largest absolute Gasteiger partial charge is 0.336 e. The lowest BCUT2D eigenvalue weighted by atomic mass is 10.1. The van der Waals surface area contributed by atoms with Crippen LogP contribution in [0.3, 0.4) is 0 Å². The Kier molecular flexibility index (Phi) is 3.66. The average molecular weight is 250 g/mol. The molecule has 1 amide bonds.